The second kappa shape index (κ2) is 6.38. The molecule has 0 radical (unpaired) electrons. The van der Waals surface area contributed by atoms with E-state index in [4.69, 9.17) is 5.26 Å². The monoisotopic (exact) mass is 273 g/mol. The molecule has 0 atom stereocenters. The molecular formula is C15H19N3O2. The van der Waals surface area contributed by atoms with Gasteiger partial charge >= 0.3 is 0 Å². The highest BCUT2D eigenvalue weighted by Gasteiger charge is 2.21. The summed E-state index contributed by atoms with van der Waals surface area (Å²) in [4.78, 5) is 12.7. The Morgan fingerprint density at radius 1 is 1.45 bits per heavy atom. The molecule has 5 heteroatoms. The van der Waals surface area contributed by atoms with Gasteiger partial charge in [-0.3, -0.25) is 10.1 Å². The van der Waals surface area contributed by atoms with Crippen molar-refractivity contribution in [2.75, 3.05) is 18.0 Å². The number of benzene rings is 1. The molecule has 20 heavy (non-hydrogen) atoms. The second-order valence-electron chi connectivity index (χ2n) is 5.29. The minimum Gasteiger partial charge on any atom is -0.371 e. The van der Waals surface area contributed by atoms with Crippen LogP contribution in [0.3, 0.4) is 0 Å². The Labute approximate surface area is 119 Å². The summed E-state index contributed by atoms with van der Waals surface area (Å²) in [6.45, 7) is 4.08. The first kappa shape index (κ1) is 14.3. The van der Waals surface area contributed by atoms with Crippen molar-refractivity contribution in [1.82, 2.24) is 0 Å². The summed E-state index contributed by atoms with van der Waals surface area (Å²) in [7, 11) is 0. The van der Waals surface area contributed by atoms with Crippen LogP contribution in [0, 0.1) is 27.4 Å². The van der Waals surface area contributed by atoms with Crippen LogP contribution in [-0.2, 0) is 0 Å². The van der Waals surface area contributed by atoms with Crippen LogP contribution in [0.25, 0.3) is 0 Å². The first-order valence-electron chi connectivity index (χ1n) is 7.09. The van der Waals surface area contributed by atoms with E-state index in [1.165, 1.54) is 18.9 Å². The van der Waals surface area contributed by atoms with Crippen LogP contribution in [-0.4, -0.2) is 18.0 Å². The summed E-state index contributed by atoms with van der Waals surface area (Å²) in [5.41, 5.74) is 0.881. The lowest BCUT2D eigenvalue weighted by atomic mass is 9.92. The zero-order valence-electron chi connectivity index (χ0n) is 11.7. The fourth-order valence-electron chi connectivity index (χ4n) is 2.85. The Kier molecular flexibility index (Phi) is 4.57. The summed E-state index contributed by atoms with van der Waals surface area (Å²) < 4.78 is 0. The van der Waals surface area contributed by atoms with E-state index in [2.05, 4.69) is 11.8 Å². The van der Waals surface area contributed by atoms with Gasteiger partial charge in [0.25, 0.3) is 5.69 Å². The molecule has 0 saturated carbocycles. The third-order valence-electron chi connectivity index (χ3n) is 3.98. The highest BCUT2D eigenvalue weighted by atomic mass is 16.6. The normalized spacial score (nSPS) is 15.9. The molecule has 0 bridgehead atoms. The Hall–Kier alpha value is -2.09. The predicted octanol–water partition coefficient (Wildman–Crippen LogP) is 3.48. The first-order chi connectivity index (χ1) is 9.65. The van der Waals surface area contributed by atoms with Crippen LogP contribution in [0.1, 0.15) is 38.2 Å². The van der Waals surface area contributed by atoms with Crippen molar-refractivity contribution >= 4 is 11.4 Å². The standard InChI is InChI=1S/C15H19N3O2/c1-2-3-12-6-8-17(9-7-12)14-5-4-13(11-16)15(10-14)18(19)20/h4-5,10,12H,2-3,6-9H2,1H3. The maximum absolute atomic E-state index is 11.0. The fraction of sp³-hybridized carbons (Fsp3) is 0.533. The van der Waals surface area contributed by atoms with Crippen LogP contribution >= 0.6 is 0 Å². The minimum atomic E-state index is -0.480. The van der Waals surface area contributed by atoms with Crippen molar-refractivity contribution in [1.29, 1.82) is 5.26 Å². The van der Waals surface area contributed by atoms with Gasteiger partial charge in [0.2, 0.25) is 0 Å². The van der Waals surface area contributed by atoms with Crippen molar-refractivity contribution in [3.05, 3.63) is 33.9 Å². The van der Waals surface area contributed by atoms with Crippen LogP contribution < -0.4 is 4.90 Å². The van der Waals surface area contributed by atoms with E-state index in [9.17, 15) is 10.1 Å². The van der Waals surface area contributed by atoms with E-state index >= 15 is 0 Å². The van der Waals surface area contributed by atoms with E-state index in [1.54, 1.807) is 6.07 Å². The maximum atomic E-state index is 11.0. The molecule has 0 unspecified atom stereocenters. The highest BCUT2D eigenvalue weighted by Crippen LogP contribution is 2.29. The van der Waals surface area contributed by atoms with Gasteiger partial charge in [-0.1, -0.05) is 19.8 Å². The Bertz CT molecular complexity index is 528. The smallest absolute Gasteiger partial charge is 0.289 e. The van der Waals surface area contributed by atoms with Crippen molar-refractivity contribution in [3.8, 4) is 6.07 Å². The van der Waals surface area contributed by atoms with Gasteiger partial charge in [-0.15, -0.1) is 0 Å². The van der Waals surface area contributed by atoms with E-state index in [0.717, 1.165) is 37.5 Å². The van der Waals surface area contributed by atoms with Gasteiger partial charge in [0.1, 0.15) is 11.6 Å². The van der Waals surface area contributed by atoms with Gasteiger partial charge in [-0.25, -0.2) is 0 Å². The molecule has 1 aliphatic rings. The van der Waals surface area contributed by atoms with Crippen LogP contribution in [0.2, 0.25) is 0 Å². The molecule has 1 aromatic carbocycles. The molecule has 2 rings (SSSR count). The Morgan fingerprint density at radius 3 is 2.70 bits per heavy atom. The largest absolute Gasteiger partial charge is 0.371 e. The summed E-state index contributed by atoms with van der Waals surface area (Å²) in [5, 5.41) is 19.9. The summed E-state index contributed by atoms with van der Waals surface area (Å²) >= 11 is 0. The minimum absolute atomic E-state index is 0.0966. The predicted molar refractivity (Wildman–Crippen MR) is 77.7 cm³/mol. The summed E-state index contributed by atoms with van der Waals surface area (Å²) in [6.07, 6.45) is 4.76. The van der Waals surface area contributed by atoms with E-state index in [0.29, 0.717) is 0 Å². The van der Waals surface area contributed by atoms with Gasteiger partial charge in [0.15, 0.2) is 0 Å². The number of nitro groups is 1. The number of hydrogen-bond acceptors (Lipinski definition) is 4. The molecule has 0 aliphatic carbocycles. The summed E-state index contributed by atoms with van der Waals surface area (Å²) in [6, 6.07) is 6.76. The van der Waals surface area contributed by atoms with Gasteiger partial charge in [0, 0.05) is 24.8 Å². The molecule has 0 N–H and O–H groups in total. The molecule has 1 heterocycles. The molecule has 1 aliphatic heterocycles. The van der Waals surface area contributed by atoms with Crippen molar-refractivity contribution in [3.63, 3.8) is 0 Å². The number of nitro benzene ring substituents is 1. The topological polar surface area (TPSA) is 70.2 Å². The third-order valence-corrected chi connectivity index (χ3v) is 3.98. The van der Waals surface area contributed by atoms with Gasteiger partial charge in [-0.05, 0) is 30.9 Å². The molecular weight excluding hydrogens is 254 g/mol. The van der Waals surface area contributed by atoms with E-state index < -0.39 is 4.92 Å². The first-order valence-corrected chi connectivity index (χ1v) is 7.09. The molecule has 5 nitrogen and oxygen atoms in total. The number of hydrogen-bond donors (Lipinski definition) is 0. The SMILES string of the molecule is CCCC1CCN(c2ccc(C#N)c([N+](=O)[O-])c2)CC1. The number of anilines is 1. The third kappa shape index (κ3) is 3.08. The number of piperidine rings is 1. The quantitative estimate of drug-likeness (QED) is 0.622. The molecule has 106 valence electrons. The average molecular weight is 273 g/mol. The lowest BCUT2D eigenvalue weighted by Crippen LogP contribution is -2.33. The number of nitriles is 1. The molecule has 0 spiro atoms. The lowest BCUT2D eigenvalue weighted by Gasteiger charge is -2.33. The zero-order chi connectivity index (χ0) is 14.5. The van der Waals surface area contributed by atoms with Crippen LogP contribution in [0.5, 0.6) is 0 Å². The van der Waals surface area contributed by atoms with Crippen LogP contribution in [0.4, 0.5) is 11.4 Å². The highest BCUT2D eigenvalue weighted by molar-refractivity contribution is 5.60. The number of rotatable bonds is 4. The lowest BCUT2D eigenvalue weighted by molar-refractivity contribution is -0.385. The Morgan fingerprint density at radius 2 is 2.15 bits per heavy atom. The van der Waals surface area contributed by atoms with Crippen molar-refractivity contribution < 1.29 is 4.92 Å². The Balaban J connectivity index is 2.13. The van der Waals surface area contributed by atoms with Gasteiger partial charge in [-0.2, -0.15) is 5.26 Å². The maximum Gasteiger partial charge on any atom is 0.289 e. The fourth-order valence-corrected chi connectivity index (χ4v) is 2.85. The van der Waals surface area contributed by atoms with Gasteiger partial charge < -0.3 is 4.90 Å². The van der Waals surface area contributed by atoms with Crippen molar-refractivity contribution in [2.24, 2.45) is 5.92 Å². The van der Waals surface area contributed by atoms with E-state index in [-0.39, 0.29) is 11.3 Å². The van der Waals surface area contributed by atoms with Gasteiger partial charge in [0.05, 0.1) is 4.92 Å². The van der Waals surface area contributed by atoms with Crippen LogP contribution in [0.15, 0.2) is 18.2 Å². The average Bonchev–Trinajstić information content (AvgIpc) is 2.47. The van der Waals surface area contributed by atoms with E-state index in [1.807, 2.05) is 12.1 Å². The summed E-state index contributed by atoms with van der Waals surface area (Å²) in [5.74, 6) is 0.782. The number of nitrogens with zero attached hydrogens (tertiary/aromatic N) is 3. The van der Waals surface area contributed by atoms with Crippen molar-refractivity contribution in [2.45, 2.75) is 32.6 Å². The molecule has 1 saturated heterocycles. The molecule has 1 aromatic rings. The second-order valence-corrected chi connectivity index (χ2v) is 5.29. The molecule has 0 amide bonds. The molecule has 0 aromatic heterocycles. The molecule has 1 fully saturated rings. The zero-order valence-corrected chi connectivity index (χ0v) is 11.7.